The Morgan fingerprint density at radius 3 is 2.00 bits per heavy atom. The van der Waals surface area contributed by atoms with Crippen LogP contribution >= 0.6 is 24.0 Å². The lowest BCUT2D eigenvalue weighted by Crippen LogP contribution is -2.51. The quantitative estimate of drug-likeness (QED) is 0.292. The second-order valence-corrected chi connectivity index (χ2v) is 9.30. The topological polar surface area (TPSA) is 46.1 Å². The van der Waals surface area contributed by atoms with E-state index in [1.54, 1.807) is 0 Å². The molecule has 0 saturated carbocycles. The molecule has 2 rings (SSSR count). The number of likely N-dealkylation sites (N-methyl/N-ethyl adjacent to an activating group) is 1. The molecule has 0 radical (unpaired) electrons. The minimum atomic E-state index is 0. The Balaban J connectivity index is 0.00000420. The number of piperazine rings is 1. The van der Waals surface area contributed by atoms with Crippen LogP contribution in [0.3, 0.4) is 0 Å². The first-order valence-corrected chi connectivity index (χ1v) is 11.6. The molecular weight excluding hydrogens is 475 g/mol. The molecule has 0 aromatic carbocycles. The highest BCUT2D eigenvalue weighted by atomic mass is 127. The van der Waals surface area contributed by atoms with Crippen LogP contribution in [0.5, 0.6) is 0 Å². The molecule has 0 spiro atoms. The van der Waals surface area contributed by atoms with Gasteiger partial charge >= 0.3 is 0 Å². The van der Waals surface area contributed by atoms with E-state index in [-0.39, 0.29) is 24.0 Å². The molecule has 6 nitrogen and oxygen atoms in total. The molecule has 0 aromatic heterocycles. The third kappa shape index (κ3) is 10.2. The summed E-state index contributed by atoms with van der Waals surface area (Å²) in [6.45, 7) is 17.4. The van der Waals surface area contributed by atoms with Crippen LogP contribution in [-0.2, 0) is 0 Å². The van der Waals surface area contributed by atoms with Crippen molar-refractivity contribution < 1.29 is 0 Å². The first kappa shape index (κ1) is 26.9. The van der Waals surface area contributed by atoms with Crippen LogP contribution in [0.15, 0.2) is 4.99 Å². The summed E-state index contributed by atoms with van der Waals surface area (Å²) in [6, 6.07) is 0.583. The summed E-state index contributed by atoms with van der Waals surface area (Å²) in [4.78, 5) is 12.2. The Hall–Kier alpha value is -0.120. The van der Waals surface area contributed by atoms with Crippen LogP contribution in [0.1, 0.15) is 46.5 Å². The summed E-state index contributed by atoms with van der Waals surface area (Å²) in [5, 5.41) is 7.17. The monoisotopic (exact) mass is 522 g/mol. The number of guanidine groups is 1. The zero-order valence-electron chi connectivity index (χ0n) is 19.6. The summed E-state index contributed by atoms with van der Waals surface area (Å²) in [6.07, 6.45) is 5.48. The van der Waals surface area contributed by atoms with Gasteiger partial charge in [-0.05, 0) is 44.8 Å². The van der Waals surface area contributed by atoms with Crippen LogP contribution in [-0.4, -0.2) is 99.7 Å². The lowest BCUT2D eigenvalue weighted by molar-refractivity contribution is 0.139. The molecule has 2 aliphatic heterocycles. The van der Waals surface area contributed by atoms with E-state index in [1.807, 2.05) is 7.05 Å². The van der Waals surface area contributed by atoms with Crippen LogP contribution < -0.4 is 10.6 Å². The molecule has 0 bridgehead atoms. The van der Waals surface area contributed by atoms with Crippen LogP contribution in [0.4, 0.5) is 0 Å². The van der Waals surface area contributed by atoms with Gasteiger partial charge in [-0.15, -0.1) is 24.0 Å². The van der Waals surface area contributed by atoms with Gasteiger partial charge in [-0.1, -0.05) is 33.6 Å². The van der Waals surface area contributed by atoms with Crippen LogP contribution in [0, 0.1) is 11.8 Å². The predicted octanol–water partition coefficient (Wildman–Crippen LogP) is 2.55. The van der Waals surface area contributed by atoms with Crippen molar-refractivity contribution in [3.8, 4) is 0 Å². The Labute approximate surface area is 197 Å². The van der Waals surface area contributed by atoms with Gasteiger partial charge < -0.3 is 20.4 Å². The number of likely N-dealkylation sites (tertiary alicyclic amines) is 1. The maximum absolute atomic E-state index is 4.47. The van der Waals surface area contributed by atoms with Gasteiger partial charge in [0.05, 0.1) is 0 Å². The normalized spacial score (nSPS) is 22.6. The Morgan fingerprint density at radius 1 is 0.862 bits per heavy atom. The highest BCUT2D eigenvalue weighted by Crippen LogP contribution is 2.17. The highest BCUT2D eigenvalue weighted by Gasteiger charge is 2.23. The van der Waals surface area contributed by atoms with Crippen molar-refractivity contribution in [2.45, 2.75) is 52.5 Å². The van der Waals surface area contributed by atoms with Gasteiger partial charge in [-0.25, -0.2) is 0 Å². The lowest BCUT2D eigenvalue weighted by Gasteiger charge is -2.35. The number of rotatable bonds is 8. The minimum absolute atomic E-state index is 0. The van der Waals surface area contributed by atoms with Crippen molar-refractivity contribution in [3.63, 3.8) is 0 Å². The molecular formula is C22H47IN6. The number of nitrogens with zero attached hydrogens (tertiary/aromatic N) is 4. The summed E-state index contributed by atoms with van der Waals surface area (Å²) >= 11 is 0. The number of hydrogen-bond donors (Lipinski definition) is 2. The Kier molecular flexibility index (Phi) is 13.7. The van der Waals surface area contributed by atoms with Crippen molar-refractivity contribution in [3.05, 3.63) is 0 Å². The fourth-order valence-electron chi connectivity index (χ4n) is 4.44. The van der Waals surface area contributed by atoms with Gasteiger partial charge in [0, 0.05) is 58.9 Å². The van der Waals surface area contributed by atoms with Crippen molar-refractivity contribution in [2.24, 2.45) is 16.8 Å². The lowest BCUT2D eigenvalue weighted by atomic mass is 10.0. The Bertz CT molecular complexity index is 443. The van der Waals surface area contributed by atoms with Crippen molar-refractivity contribution >= 4 is 29.9 Å². The summed E-state index contributed by atoms with van der Waals surface area (Å²) in [5.74, 6) is 2.22. The molecule has 2 atom stereocenters. The summed E-state index contributed by atoms with van der Waals surface area (Å²) < 4.78 is 0. The average Bonchev–Trinajstić information content (AvgIpc) is 2.95. The highest BCUT2D eigenvalue weighted by molar-refractivity contribution is 14.0. The molecule has 0 amide bonds. The van der Waals surface area contributed by atoms with Gasteiger partial charge in [0.15, 0.2) is 5.96 Å². The van der Waals surface area contributed by atoms with Crippen LogP contribution in [0.25, 0.3) is 0 Å². The Morgan fingerprint density at radius 2 is 1.45 bits per heavy atom. The molecule has 29 heavy (non-hydrogen) atoms. The van der Waals surface area contributed by atoms with E-state index in [4.69, 9.17) is 0 Å². The third-order valence-electron chi connectivity index (χ3n) is 6.37. The number of aliphatic imine (C=N–C) groups is 1. The first-order valence-electron chi connectivity index (χ1n) is 11.6. The molecule has 172 valence electrons. The average molecular weight is 523 g/mol. The maximum atomic E-state index is 4.47. The van der Waals surface area contributed by atoms with Gasteiger partial charge in [0.25, 0.3) is 0 Å². The maximum Gasteiger partial charge on any atom is 0.191 e. The van der Waals surface area contributed by atoms with E-state index in [9.17, 15) is 0 Å². The largest absolute Gasteiger partial charge is 0.356 e. The van der Waals surface area contributed by atoms with Crippen molar-refractivity contribution in [2.75, 3.05) is 73.0 Å². The molecule has 0 aromatic rings. The van der Waals surface area contributed by atoms with E-state index >= 15 is 0 Å². The fraction of sp³-hybridized carbons (Fsp3) is 0.955. The molecule has 7 heteroatoms. The second-order valence-electron chi connectivity index (χ2n) is 9.30. The van der Waals surface area contributed by atoms with Crippen molar-refractivity contribution in [1.29, 1.82) is 0 Å². The van der Waals surface area contributed by atoms with E-state index in [1.165, 1.54) is 71.5 Å². The predicted molar refractivity (Wildman–Crippen MR) is 137 cm³/mol. The minimum Gasteiger partial charge on any atom is -0.356 e. The van der Waals surface area contributed by atoms with E-state index in [2.05, 4.69) is 58.1 Å². The first-order chi connectivity index (χ1) is 13.5. The van der Waals surface area contributed by atoms with Gasteiger partial charge in [0.2, 0.25) is 0 Å². The van der Waals surface area contributed by atoms with Crippen LogP contribution in [0.2, 0.25) is 0 Å². The van der Waals surface area contributed by atoms with Gasteiger partial charge in [-0.2, -0.15) is 0 Å². The van der Waals surface area contributed by atoms with E-state index < -0.39 is 0 Å². The standard InChI is InChI=1S/C22H46N6.HI/c1-19(2)21(28-10-8-6-7-9-11-28)17-25-22(23-4)24-16-20(3)18-27-14-12-26(5)13-15-27;/h19-21H,6-18H2,1-5H3,(H2,23,24,25);1H. The smallest absolute Gasteiger partial charge is 0.191 e. The summed E-state index contributed by atoms with van der Waals surface area (Å²) in [7, 11) is 4.10. The molecule has 2 saturated heterocycles. The molecule has 2 fully saturated rings. The van der Waals surface area contributed by atoms with Gasteiger partial charge in [0.1, 0.15) is 0 Å². The number of halogens is 1. The zero-order chi connectivity index (χ0) is 20.4. The molecule has 2 aliphatic rings. The van der Waals surface area contributed by atoms with Crippen molar-refractivity contribution in [1.82, 2.24) is 25.3 Å². The number of nitrogens with one attached hydrogen (secondary N) is 2. The summed E-state index contributed by atoms with van der Waals surface area (Å²) in [5.41, 5.74) is 0. The third-order valence-corrected chi connectivity index (χ3v) is 6.37. The SMILES string of the molecule is CN=C(NCC(C)CN1CCN(C)CC1)NCC(C(C)C)N1CCCCCC1.I. The molecule has 2 unspecified atom stereocenters. The van der Waals surface area contributed by atoms with Gasteiger partial charge in [-0.3, -0.25) is 9.89 Å². The second kappa shape index (κ2) is 14.8. The molecule has 0 aliphatic carbocycles. The molecule has 2 heterocycles. The van der Waals surface area contributed by atoms with E-state index in [0.717, 1.165) is 19.0 Å². The zero-order valence-corrected chi connectivity index (χ0v) is 22.0. The fourth-order valence-corrected chi connectivity index (χ4v) is 4.44. The number of hydrogen-bond acceptors (Lipinski definition) is 4. The van der Waals surface area contributed by atoms with E-state index in [0.29, 0.717) is 17.9 Å². The molecule has 2 N–H and O–H groups in total.